The smallest absolute Gasteiger partial charge is 0.293 e. The van der Waals surface area contributed by atoms with E-state index in [1.54, 1.807) is 13.8 Å². The number of carbonyl (C=O) groups is 1. The second-order valence-electron chi connectivity index (χ2n) is 4.55. The number of hydrogen-bond donors (Lipinski definition) is 2. The van der Waals surface area contributed by atoms with Gasteiger partial charge in [0.05, 0.1) is 16.4 Å². The third-order valence-corrected chi connectivity index (χ3v) is 5.27. The van der Waals surface area contributed by atoms with E-state index in [9.17, 15) is 23.3 Å². The molecular weight excluding hydrogens is 324 g/mol. The van der Waals surface area contributed by atoms with Gasteiger partial charge in [0.1, 0.15) is 5.69 Å². The van der Waals surface area contributed by atoms with Crippen molar-refractivity contribution in [3.8, 4) is 0 Å². The van der Waals surface area contributed by atoms with Gasteiger partial charge in [0, 0.05) is 26.2 Å². The number of amides is 1. The van der Waals surface area contributed by atoms with E-state index in [4.69, 9.17) is 0 Å². The number of rotatable bonds is 8. The summed E-state index contributed by atoms with van der Waals surface area (Å²) < 4.78 is 26.0. The molecule has 128 valence electrons. The molecule has 9 nitrogen and oxygen atoms in total. The molecule has 0 spiro atoms. The van der Waals surface area contributed by atoms with Crippen LogP contribution in [0.4, 0.5) is 11.4 Å². The van der Waals surface area contributed by atoms with Gasteiger partial charge in [-0.25, -0.2) is 8.42 Å². The van der Waals surface area contributed by atoms with Crippen LogP contribution in [0.15, 0.2) is 23.1 Å². The molecule has 0 atom stereocenters. The van der Waals surface area contributed by atoms with E-state index in [-0.39, 0.29) is 36.1 Å². The van der Waals surface area contributed by atoms with E-state index in [0.717, 1.165) is 6.07 Å². The molecule has 0 aromatic heterocycles. The van der Waals surface area contributed by atoms with Gasteiger partial charge in [-0.3, -0.25) is 14.9 Å². The summed E-state index contributed by atoms with van der Waals surface area (Å²) in [6, 6.07) is 3.57. The fourth-order valence-corrected chi connectivity index (χ4v) is 3.43. The Bertz CT molecular complexity index is 686. The maximum atomic E-state index is 12.4. The number of nitrogens with zero attached hydrogens (tertiary/aromatic N) is 2. The van der Waals surface area contributed by atoms with Crippen molar-refractivity contribution in [2.24, 2.45) is 0 Å². The predicted octanol–water partition coefficient (Wildman–Crippen LogP) is 0.783. The van der Waals surface area contributed by atoms with Gasteiger partial charge in [0.2, 0.25) is 15.9 Å². The first-order chi connectivity index (χ1) is 10.8. The van der Waals surface area contributed by atoms with E-state index in [1.807, 2.05) is 0 Å². The Kier molecular flexibility index (Phi) is 6.46. The molecule has 1 amide bonds. The standard InChI is InChI=1S/C13H20N4O5S/c1-4-16(5-2)23(21,22)10-6-7-11(12(8-10)17(19)20)15-9-13(18)14-3/h6-8,15H,4-5,9H2,1-3H3,(H,14,18). The molecule has 0 fully saturated rings. The first-order valence-electron chi connectivity index (χ1n) is 7.00. The molecule has 0 aliphatic rings. The van der Waals surface area contributed by atoms with E-state index in [2.05, 4.69) is 10.6 Å². The highest BCUT2D eigenvalue weighted by Gasteiger charge is 2.25. The largest absolute Gasteiger partial charge is 0.371 e. The van der Waals surface area contributed by atoms with Crippen LogP contribution in [0.1, 0.15) is 13.8 Å². The van der Waals surface area contributed by atoms with Crippen molar-refractivity contribution in [1.29, 1.82) is 0 Å². The number of sulfonamides is 1. The molecule has 0 unspecified atom stereocenters. The summed E-state index contributed by atoms with van der Waals surface area (Å²) in [6.45, 7) is 3.76. The van der Waals surface area contributed by atoms with Gasteiger partial charge >= 0.3 is 0 Å². The predicted molar refractivity (Wildman–Crippen MR) is 85.8 cm³/mol. The molecular formula is C13H20N4O5S. The molecule has 23 heavy (non-hydrogen) atoms. The van der Waals surface area contributed by atoms with Crippen LogP contribution in [0.25, 0.3) is 0 Å². The highest BCUT2D eigenvalue weighted by Crippen LogP contribution is 2.28. The highest BCUT2D eigenvalue weighted by molar-refractivity contribution is 7.89. The molecule has 0 heterocycles. The quantitative estimate of drug-likeness (QED) is 0.531. The van der Waals surface area contributed by atoms with E-state index < -0.39 is 20.6 Å². The highest BCUT2D eigenvalue weighted by atomic mass is 32.2. The number of benzene rings is 1. The van der Waals surface area contributed by atoms with Crippen LogP contribution < -0.4 is 10.6 Å². The fourth-order valence-electron chi connectivity index (χ4n) is 1.95. The monoisotopic (exact) mass is 344 g/mol. The van der Waals surface area contributed by atoms with Crippen molar-refractivity contribution in [2.45, 2.75) is 18.7 Å². The third-order valence-electron chi connectivity index (χ3n) is 3.23. The Hall–Kier alpha value is -2.20. The fraction of sp³-hybridized carbons (Fsp3) is 0.462. The van der Waals surface area contributed by atoms with E-state index >= 15 is 0 Å². The Morgan fingerprint density at radius 2 is 1.91 bits per heavy atom. The molecule has 1 aromatic carbocycles. The zero-order valence-electron chi connectivity index (χ0n) is 13.2. The summed E-state index contributed by atoms with van der Waals surface area (Å²) in [5.41, 5.74) is -0.320. The molecule has 1 rings (SSSR count). The van der Waals surface area contributed by atoms with E-state index in [1.165, 1.54) is 23.5 Å². The number of nitro groups is 1. The van der Waals surface area contributed by atoms with Crippen LogP contribution in [0, 0.1) is 10.1 Å². The zero-order chi connectivity index (χ0) is 17.6. The minimum Gasteiger partial charge on any atom is -0.371 e. The number of nitrogens with one attached hydrogen (secondary N) is 2. The minimum atomic E-state index is -3.79. The molecule has 0 bridgehead atoms. The second-order valence-corrected chi connectivity index (χ2v) is 6.49. The number of anilines is 1. The van der Waals surface area contributed by atoms with Crippen molar-refractivity contribution < 1.29 is 18.1 Å². The second kappa shape index (κ2) is 7.88. The van der Waals surface area contributed by atoms with Crippen molar-refractivity contribution >= 4 is 27.3 Å². The average Bonchev–Trinajstić information content (AvgIpc) is 2.53. The van der Waals surface area contributed by atoms with Crippen LogP contribution in [0.2, 0.25) is 0 Å². The lowest BCUT2D eigenvalue weighted by molar-refractivity contribution is -0.384. The molecule has 0 radical (unpaired) electrons. The molecule has 0 saturated carbocycles. The Morgan fingerprint density at radius 3 is 2.39 bits per heavy atom. The summed E-state index contributed by atoms with van der Waals surface area (Å²) >= 11 is 0. The van der Waals surface area contributed by atoms with Crippen molar-refractivity contribution in [1.82, 2.24) is 9.62 Å². The number of nitro benzene ring substituents is 1. The normalized spacial score (nSPS) is 11.3. The van der Waals surface area contributed by atoms with Crippen LogP contribution in [-0.2, 0) is 14.8 Å². The van der Waals surface area contributed by atoms with Gasteiger partial charge in [-0.2, -0.15) is 4.31 Å². The van der Waals surface area contributed by atoms with Gasteiger partial charge in [0.15, 0.2) is 0 Å². The van der Waals surface area contributed by atoms with Crippen LogP contribution in [0.5, 0.6) is 0 Å². The van der Waals surface area contributed by atoms with Gasteiger partial charge in [-0.05, 0) is 12.1 Å². The Labute approximate surface area is 134 Å². The van der Waals surface area contributed by atoms with Crippen molar-refractivity contribution in [3.05, 3.63) is 28.3 Å². The van der Waals surface area contributed by atoms with Gasteiger partial charge in [-0.15, -0.1) is 0 Å². The lowest BCUT2D eigenvalue weighted by Gasteiger charge is -2.18. The van der Waals surface area contributed by atoms with Crippen molar-refractivity contribution in [3.63, 3.8) is 0 Å². The number of carbonyl (C=O) groups excluding carboxylic acids is 1. The lowest BCUT2D eigenvalue weighted by Crippen LogP contribution is -2.30. The van der Waals surface area contributed by atoms with Gasteiger partial charge < -0.3 is 10.6 Å². The van der Waals surface area contributed by atoms with E-state index in [0.29, 0.717) is 0 Å². The molecule has 0 saturated heterocycles. The summed E-state index contributed by atoms with van der Waals surface area (Å²) in [7, 11) is -2.35. The average molecular weight is 344 g/mol. The molecule has 10 heteroatoms. The summed E-state index contributed by atoms with van der Waals surface area (Å²) in [4.78, 5) is 21.6. The molecule has 2 N–H and O–H groups in total. The maximum Gasteiger partial charge on any atom is 0.293 e. The van der Waals surface area contributed by atoms with Crippen LogP contribution in [-0.4, -0.2) is 50.2 Å². The first-order valence-corrected chi connectivity index (χ1v) is 8.44. The topological polar surface area (TPSA) is 122 Å². The lowest BCUT2D eigenvalue weighted by atomic mass is 10.2. The third kappa shape index (κ3) is 4.39. The van der Waals surface area contributed by atoms with Crippen LogP contribution >= 0.6 is 0 Å². The number of hydrogen-bond acceptors (Lipinski definition) is 6. The van der Waals surface area contributed by atoms with Gasteiger partial charge in [0.25, 0.3) is 5.69 Å². The summed E-state index contributed by atoms with van der Waals surface area (Å²) in [6.07, 6.45) is 0. The molecule has 1 aromatic rings. The summed E-state index contributed by atoms with van der Waals surface area (Å²) in [5, 5.41) is 16.2. The molecule has 0 aliphatic carbocycles. The Morgan fingerprint density at radius 1 is 1.30 bits per heavy atom. The van der Waals surface area contributed by atoms with Gasteiger partial charge in [-0.1, -0.05) is 13.8 Å². The SMILES string of the molecule is CCN(CC)S(=O)(=O)c1ccc(NCC(=O)NC)c([N+](=O)[O-])c1. The number of likely N-dealkylation sites (N-methyl/N-ethyl adjacent to an activating group) is 1. The minimum absolute atomic E-state index is 0.0806. The van der Waals surface area contributed by atoms with Crippen molar-refractivity contribution in [2.75, 3.05) is 32.0 Å². The first kappa shape index (κ1) is 18.8. The molecule has 0 aliphatic heterocycles. The van der Waals surface area contributed by atoms with Crippen LogP contribution in [0.3, 0.4) is 0 Å². The maximum absolute atomic E-state index is 12.4. The summed E-state index contributed by atoms with van der Waals surface area (Å²) in [5.74, 6) is -0.348. The Balaban J connectivity index is 3.23. The zero-order valence-corrected chi connectivity index (χ0v) is 14.0.